The summed E-state index contributed by atoms with van der Waals surface area (Å²) in [6.45, 7) is 8.89. The molecule has 0 spiro atoms. The van der Waals surface area contributed by atoms with Crippen LogP contribution in [0.1, 0.15) is 87.8 Å². The predicted molar refractivity (Wildman–Crippen MR) is 215 cm³/mol. The van der Waals surface area contributed by atoms with Crippen molar-refractivity contribution in [2.24, 2.45) is 0 Å². The molecule has 55 heavy (non-hydrogen) atoms. The summed E-state index contributed by atoms with van der Waals surface area (Å²) in [6.07, 6.45) is 3.03. The standard InChI is InChI=1S/C43H48N8O4/c1-5-41(52)49-28(3)23-37(35-11-7-9-13-38(35)49)45-31-17-21-33(22-18-31)48-27-32(46-47-48)26-44-25-30-15-19-34(20-16-30)51(43(54)55)40-24-29(4)50(42(53)6-2)39-14-10-8-12-36(39)40/h7-22,27-29,37,40,44-45H,5-6,23-26H2,1-4H3,(H,54,55)/t28-,29-,37+,40+/m0/s1. The third-order valence-electron chi connectivity index (χ3n) is 10.7. The molecule has 284 valence electrons. The van der Waals surface area contributed by atoms with Gasteiger partial charge in [-0.2, -0.15) is 0 Å². The van der Waals surface area contributed by atoms with E-state index < -0.39 is 12.1 Å². The van der Waals surface area contributed by atoms with Crippen LogP contribution in [-0.4, -0.2) is 50.1 Å². The molecule has 2 aliphatic heterocycles. The first kappa shape index (κ1) is 37.3. The van der Waals surface area contributed by atoms with Gasteiger partial charge in [0.1, 0.15) is 0 Å². The fourth-order valence-electron chi connectivity index (χ4n) is 8.03. The molecule has 0 saturated carbocycles. The number of aromatic nitrogens is 3. The highest BCUT2D eigenvalue weighted by molar-refractivity contribution is 5.97. The Morgan fingerprint density at radius 3 is 2.00 bits per heavy atom. The fraction of sp³-hybridized carbons (Fsp3) is 0.326. The van der Waals surface area contributed by atoms with Crippen molar-refractivity contribution in [3.63, 3.8) is 0 Å². The van der Waals surface area contributed by atoms with E-state index in [4.69, 9.17) is 0 Å². The molecular weight excluding hydrogens is 693 g/mol. The number of para-hydroxylation sites is 2. The Balaban J connectivity index is 0.957. The minimum atomic E-state index is -1.04. The smallest absolute Gasteiger partial charge is 0.412 e. The van der Waals surface area contributed by atoms with Crippen LogP contribution in [-0.2, 0) is 22.7 Å². The summed E-state index contributed by atoms with van der Waals surface area (Å²) in [5.41, 5.74) is 7.94. The lowest BCUT2D eigenvalue weighted by molar-refractivity contribution is -0.119. The van der Waals surface area contributed by atoms with Crippen LogP contribution in [0.15, 0.2) is 103 Å². The molecule has 4 aromatic carbocycles. The van der Waals surface area contributed by atoms with E-state index in [0.717, 1.165) is 51.6 Å². The van der Waals surface area contributed by atoms with Crippen LogP contribution < -0.4 is 25.3 Å². The van der Waals surface area contributed by atoms with Gasteiger partial charge in [0.05, 0.1) is 29.7 Å². The summed E-state index contributed by atoms with van der Waals surface area (Å²) in [4.78, 5) is 43.4. The van der Waals surface area contributed by atoms with Crippen LogP contribution in [0.2, 0.25) is 0 Å². The van der Waals surface area contributed by atoms with Gasteiger partial charge in [-0.1, -0.05) is 67.6 Å². The molecule has 3 amide bonds. The number of nitrogens with one attached hydrogen (secondary N) is 2. The van der Waals surface area contributed by atoms with E-state index in [-0.39, 0.29) is 29.9 Å². The third-order valence-corrected chi connectivity index (χ3v) is 10.7. The van der Waals surface area contributed by atoms with Gasteiger partial charge in [0, 0.05) is 60.8 Å². The lowest BCUT2D eigenvalue weighted by Gasteiger charge is -2.42. The summed E-state index contributed by atoms with van der Waals surface area (Å²) in [7, 11) is 0. The van der Waals surface area contributed by atoms with Gasteiger partial charge in [0.15, 0.2) is 0 Å². The lowest BCUT2D eigenvalue weighted by atomic mass is 9.90. The molecule has 3 heterocycles. The molecule has 0 aliphatic carbocycles. The Kier molecular flexibility index (Phi) is 11.0. The minimum absolute atomic E-state index is 0.0266. The zero-order valence-electron chi connectivity index (χ0n) is 31.7. The highest BCUT2D eigenvalue weighted by Gasteiger charge is 2.38. The van der Waals surface area contributed by atoms with Crippen molar-refractivity contribution in [1.82, 2.24) is 20.3 Å². The second kappa shape index (κ2) is 16.2. The van der Waals surface area contributed by atoms with Gasteiger partial charge < -0.3 is 25.5 Å². The van der Waals surface area contributed by atoms with Crippen molar-refractivity contribution in [3.05, 3.63) is 126 Å². The molecule has 0 bridgehead atoms. The second-order valence-electron chi connectivity index (χ2n) is 14.4. The minimum Gasteiger partial charge on any atom is -0.465 e. The van der Waals surface area contributed by atoms with Gasteiger partial charge in [0.2, 0.25) is 11.8 Å². The van der Waals surface area contributed by atoms with Crippen molar-refractivity contribution >= 4 is 40.7 Å². The van der Waals surface area contributed by atoms with E-state index in [9.17, 15) is 19.5 Å². The highest BCUT2D eigenvalue weighted by Crippen LogP contribution is 2.43. The van der Waals surface area contributed by atoms with E-state index in [1.54, 1.807) is 9.58 Å². The van der Waals surface area contributed by atoms with Crippen molar-refractivity contribution < 1.29 is 19.5 Å². The van der Waals surface area contributed by atoms with E-state index in [2.05, 4.69) is 33.9 Å². The van der Waals surface area contributed by atoms with Crippen LogP contribution >= 0.6 is 0 Å². The molecule has 7 rings (SSSR count). The first-order valence-corrected chi connectivity index (χ1v) is 19.1. The van der Waals surface area contributed by atoms with Crippen molar-refractivity contribution in [1.29, 1.82) is 0 Å². The number of anilines is 4. The molecule has 4 atom stereocenters. The topological polar surface area (TPSA) is 136 Å². The maximum atomic E-state index is 12.8. The van der Waals surface area contributed by atoms with E-state index in [1.807, 2.05) is 123 Å². The highest BCUT2D eigenvalue weighted by atomic mass is 16.4. The number of carboxylic acid groups (broad SMARTS) is 1. The predicted octanol–water partition coefficient (Wildman–Crippen LogP) is 8.01. The van der Waals surface area contributed by atoms with Crippen LogP contribution in [0.5, 0.6) is 0 Å². The summed E-state index contributed by atoms with van der Waals surface area (Å²) in [5, 5.41) is 26.2. The van der Waals surface area contributed by atoms with Crippen molar-refractivity contribution in [2.75, 3.05) is 20.0 Å². The summed E-state index contributed by atoms with van der Waals surface area (Å²) < 4.78 is 1.75. The van der Waals surface area contributed by atoms with Crippen LogP contribution in [0, 0.1) is 0 Å². The van der Waals surface area contributed by atoms with Crippen LogP contribution in [0.4, 0.5) is 27.5 Å². The van der Waals surface area contributed by atoms with E-state index in [0.29, 0.717) is 38.0 Å². The van der Waals surface area contributed by atoms with Gasteiger partial charge in [-0.25, -0.2) is 9.48 Å². The van der Waals surface area contributed by atoms with Crippen LogP contribution in [0.3, 0.4) is 0 Å². The molecule has 12 nitrogen and oxygen atoms in total. The second-order valence-corrected chi connectivity index (χ2v) is 14.4. The SMILES string of the molecule is CCC(=O)N1c2ccccc2[C@H](N(C(=O)O)c2ccc(CNCc3cn(-c4ccc(N[C@@H]5C[C@H](C)N(C(=O)CC)c6ccccc65)cc4)nn3)cc2)C[C@@H]1C. The van der Waals surface area contributed by atoms with Crippen molar-refractivity contribution in [2.45, 2.75) is 90.6 Å². The number of benzene rings is 4. The zero-order valence-corrected chi connectivity index (χ0v) is 31.7. The molecule has 0 saturated heterocycles. The Morgan fingerprint density at radius 2 is 1.36 bits per heavy atom. The van der Waals surface area contributed by atoms with Gasteiger partial charge >= 0.3 is 6.09 Å². The average molecular weight is 741 g/mol. The van der Waals surface area contributed by atoms with E-state index in [1.165, 1.54) is 4.90 Å². The molecule has 3 N–H and O–H groups in total. The zero-order chi connectivity index (χ0) is 38.6. The van der Waals surface area contributed by atoms with Gasteiger partial charge in [0.25, 0.3) is 0 Å². The number of carbonyl (C=O) groups excluding carboxylic acids is 2. The Hall–Kier alpha value is -6.01. The van der Waals surface area contributed by atoms with Gasteiger partial charge in [-0.3, -0.25) is 14.5 Å². The molecular formula is C43H48N8O4. The normalized spacial score (nSPS) is 19.0. The molecule has 0 unspecified atom stereocenters. The molecule has 0 radical (unpaired) electrons. The average Bonchev–Trinajstić information content (AvgIpc) is 3.67. The molecule has 0 fully saturated rings. The summed E-state index contributed by atoms with van der Waals surface area (Å²) in [6, 6.07) is 31.0. The molecule has 12 heteroatoms. The van der Waals surface area contributed by atoms with Crippen molar-refractivity contribution in [3.8, 4) is 5.69 Å². The summed E-state index contributed by atoms with van der Waals surface area (Å²) in [5.74, 6) is 0.166. The Morgan fingerprint density at radius 1 is 0.764 bits per heavy atom. The Labute approximate surface area is 321 Å². The quantitative estimate of drug-likeness (QED) is 0.124. The third kappa shape index (κ3) is 7.68. The van der Waals surface area contributed by atoms with Gasteiger partial charge in [-0.15, -0.1) is 5.10 Å². The largest absolute Gasteiger partial charge is 0.465 e. The first-order valence-electron chi connectivity index (χ1n) is 19.1. The van der Waals surface area contributed by atoms with E-state index >= 15 is 0 Å². The first-order chi connectivity index (χ1) is 26.7. The molecule has 2 aliphatic rings. The Bertz CT molecular complexity index is 2150. The van der Waals surface area contributed by atoms with Gasteiger partial charge in [-0.05, 0) is 91.9 Å². The summed E-state index contributed by atoms with van der Waals surface area (Å²) >= 11 is 0. The number of carbonyl (C=O) groups is 3. The molecule has 5 aromatic rings. The fourth-order valence-corrected chi connectivity index (χ4v) is 8.03. The number of hydrogen-bond acceptors (Lipinski definition) is 7. The maximum Gasteiger partial charge on any atom is 0.412 e. The monoisotopic (exact) mass is 740 g/mol. The van der Waals surface area contributed by atoms with Crippen LogP contribution in [0.25, 0.3) is 5.69 Å². The maximum absolute atomic E-state index is 12.8. The molecule has 1 aromatic heterocycles. The number of amides is 3. The number of nitrogens with zero attached hydrogens (tertiary/aromatic N) is 6. The lowest BCUT2D eigenvalue weighted by Crippen LogP contribution is -2.47. The number of fused-ring (bicyclic) bond motifs is 2. The number of rotatable bonds is 11. The number of hydrogen-bond donors (Lipinski definition) is 3.